The number of hydrogen-bond donors (Lipinski definition) is 0. The van der Waals surface area contributed by atoms with E-state index < -0.39 is 24.0 Å². The van der Waals surface area contributed by atoms with Gasteiger partial charge in [-0.25, -0.2) is 0 Å². The van der Waals surface area contributed by atoms with E-state index in [2.05, 4.69) is 36.4 Å². The fourth-order valence-electron chi connectivity index (χ4n) is 4.80. The lowest BCUT2D eigenvalue weighted by Crippen LogP contribution is -2.39. The molecule has 0 bridgehead atoms. The number of hydrogen-bond acceptors (Lipinski definition) is 4. The maximum absolute atomic E-state index is 13.3. The minimum atomic E-state index is -2.27. The molecule has 0 saturated carbocycles. The second-order valence-corrected chi connectivity index (χ2v) is 11.9. The van der Waals surface area contributed by atoms with Crippen molar-refractivity contribution < 1.29 is 14.5 Å². The Labute approximate surface area is 203 Å². The third-order valence-electron chi connectivity index (χ3n) is 6.42. The van der Waals surface area contributed by atoms with E-state index in [4.69, 9.17) is 0 Å². The summed E-state index contributed by atoms with van der Waals surface area (Å²) in [5.74, 6) is -1.09. The van der Waals surface area contributed by atoms with Gasteiger partial charge in [0.2, 0.25) is 0 Å². The number of benzene rings is 4. The van der Waals surface area contributed by atoms with E-state index in [-0.39, 0.29) is 23.4 Å². The molecule has 2 amide bonds. The Kier molecular flexibility index (Phi) is 5.98. The Balaban J connectivity index is 1.61. The summed E-state index contributed by atoms with van der Waals surface area (Å²) in [6.45, 7) is 0.149. The Morgan fingerprint density at radius 3 is 1.60 bits per heavy atom. The maximum atomic E-state index is 13.3. The van der Waals surface area contributed by atoms with Crippen molar-refractivity contribution in [1.29, 1.82) is 0 Å². The van der Waals surface area contributed by atoms with Gasteiger partial charge in [0, 0.05) is 6.07 Å². The quantitative estimate of drug-likeness (QED) is 0.172. The summed E-state index contributed by atoms with van der Waals surface area (Å²) in [7, 11) is -2.27. The summed E-state index contributed by atoms with van der Waals surface area (Å²) >= 11 is 0. The first-order valence-corrected chi connectivity index (χ1v) is 13.2. The van der Waals surface area contributed by atoms with Crippen molar-refractivity contribution in [1.82, 2.24) is 4.90 Å². The van der Waals surface area contributed by atoms with E-state index in [1.165, 1.54) is 23.1 Å². The van der Waals surface area contributed by atoms with Crippen molar-refractivity contribution in [3.05, 3.63) is 130 Å². The van der Waals surface area contributed by atoms with Crippen molar-refractivity contribution >= 4 is 40.7 Å². The summed E-state index contributed by atoms with van der Waals surface area (Å²) in [5, 5.41) is 14.9. The van der Waals surface area contributed by atoms with Crippen molar-refractivity contribution in [3.63, 3.8) is 0 Å². The van der Waals surface area contributed by atoms with Crippen molar-refractivity contribution in [2.24, 2.45) is 0 Å². The van der Waals surface area contributed by atoms with E-state index in [1.54, 1.807) is 0 Å². The van der Waals surface area contributed by atoms with E-state index in [0.717, 1.165) is 15.9 Å². The molecule has 0 atom stereocenters. The number of nitro groups is 1. The molecule has 0 radical (unpaired) electrons. The van der Waals surface area contributed by atoms with Crippen LogP contribution in [0, 0.1) is 10.1 Å². The largest absolute Gasteiger partial charge is 0.282 e. The molecule has 0 N–H and O–H groups in total. The number of imide groups is 1. The molecule has 7 heteroatoms. The highest BCUT2D eigenvalue weighted by Gasteiger charge is 2.48. The van der Waals surface area contributed by atoms with Crippen molar-refractivity contribution in [3.8, 4) is 0 Å². The Hall–Kier alpha value is -4.15. The zero-order chi connectivity index (χ0) is 24.4. The normalized spacial score (nSPS) is 13.1. The monoisotopic (exact) mass is 481 g/mol. The van der Waals surface area contributed by atoms with E-state index in [9.17, 15) is 19.7 Å². The Morgan fingerprint density at radius 1 is 0.657 bits per heavy atom. The summed E-state index contributed by atoms with van der Waals surface area (Å²) in [6, 6.07) is 34.7. The number of amides is 2. The van der Waals surface area contributed by atoms with Gasteiger partial charge in [0.25, 0.3) is 17.5 Å². The van der Waals surface area contributed by atoms with Gasteiger partial charge >= 0.3 is 0 Å². The number of rotatable bonds is 7. The van der Waals surface area contributed by atoms with E-state index >= 15 is 0 Å². The van der Waals surface area contributed by atoms with Gasteiger partial charge < -0.3 is 0 Å². The topological polar surface area (TPSA) is 80.5 Å². The molecule has 1 heterocycles. The van der Waals surface area contributed by atoms with Crippen LogP contribution in [0.15, 0.2) is 109 Å². The number of fused-ring (bicyclic) bond motifs is 1. The van der Waals surface area contributed by atoms with Crippen LogP contribution < -0.4 is 15.9 Å². The molecular weight excluding hydrogens is 459 g/mol. The van der Waals surface area contributed by atoms with Crippen molar-refractivity contribution in [2.45, 2.75) is 0 Å². The third kappa shape index (κ3) is 3.82. The average Bonchev–Trinajstić information content (AvgIpc) is 3.15. The zero-order valence-corrected chi connectivity index (χ0v) is 19.7. The molecule has 0 unspecified atom stereocenters. The molecule has 5 rings (SSSR count). The van der Waals surface area contributed by atoms with Crippen LogP contribution in [0.1, 0.15) is 20.7 Å². The molecule has 0 spiro atoms. The zero-order valence-electron chi connectivity index (χ0n) is 18.8. The third-order valence-corrected chi connectivity index (χ3v) is 10.8. The molecule has 0 fully saturated rings. The van der Waals surface area contributed by atoms with Crippen LogP contribution in [0.5, 0.6) is 0 Å². The van der Waals surface area contributed by atoms with Gasteiger partial charge in [-0.3, -0.25) is 24.6 Å². The second-order valence-electron chi connectivity index (χ2n) is 8.26. The SMILES string of the molecule is O=C1c2cccc([N+](=O)[O-])c2C(=O)N1CC[P+](c1ccccc1)(c1ccccc1)c1ccccc1. The molecule has 0 aliphatic carbocycles. The van der Waals surface area contributed by atoms with Gasteiger partial charge in [0.05, 0.1) is 23.2 Å². The minimum absolute atomic E-state index is 0.0901. The fourth-order valence-corrected chi connectivity index (χ4v) is 9.02. The van der Waals surface area contributed by atoms with E-state index in [1.807, 2.05) is 54.6 Å². The molecule has 0 saturated heterocycles. The highest BCUT2D eigenvalue weighted by atomic mass is 31.2. The predicted molar refractivity (Wildman–Crippen MR) is 138 cm³/mol. The average molecular weight is 481 g/mol. The number of nitrogens with zero attached hydrogens (tertiary/aromatic N) is 2. The molecule has 1 aliphatic rings. The Morgan fingerprint density at radius 2 is 1.14 bits per heavy atom. The summed E-state index contributed by atoms with van der Waals surface area (Å²) in [6.07, 6.45) is 0.518. The lowest BCUT2D eigenvalue weighted by molar-refractivity contribution is -0.385. The molecule has 35 heavy (non-hydrogen) atoms. The maximum Gasteiger partial charge on any atom is 0.282 e. The number of nitro benzene ring substituents is 1. The first-order chi connectivity index (χ1) is 17.0. The lowest BCUT2D eigenvalue weighted by atomic mass is 10.1. The van der Waals surface area contributed by atoms with Crippen LogP contribution in [0.3, 0.4) is 0 Å². The number of carbonyl (C=O) groups is 2. The first kappa shape index (κ1) is 22.6. The van der Waals surface area contributed by atoms with Gasteiger partial charge in [0.15, 0.2) is 0 Å². The van der Waals surface area contributed by atoms with E-state index in [0.29, 0.717) is 6.16 Å². The summed E-state index contributed by atoms with van der Waals surface area (Å²) in [4.78, 5) is 38.6. The standard InChI is InChI=1S/C28H22N2O4P/c31-27-24-17-10-18-25(30(33)34)26(24)28(32)29(27)19-20-35(21-11-4-1-5-12-21,22-13-6-2-7-14-22)23-15-8-3-9-16-23/h1-18H,19-20H2/q+1. The van der Waals surface area contributed by atoms with Gasteiger partial charge in [-0.15, -0.1) is 0 Å². The van der Waals surface area contributed by atoms with Gasteiger partial charge in [-0.1, -0.05) is 60.7 Å². The molecule has 4 aromatic carbocycles. The molecule has 172 valence electrons. The van der Waals surface area contributed by atoms with Gasteiger partial charge in [-0.05, 0) is 42.5 Å². The minimum Gasteiger partial charge on any atom is -0.270 e. The van der Waals surface area contributed by atoms with Gasteiger partial charge in [-0.2, -0.15) is 0 Å². The number of carbonyl (C=O) groups excluding carboxylic acids is 2. The molecule has 4 aromatic rings. The van der Waals surface area contributed by atoms with Crippen LogP contribution in [0.25, 0.3) is 0 Å². The lowest BCUT2D eigenvalue weighted by Gasteiger charge is -2.29. The van der Waals surface area contributed by atoms with Crippen LogP contribution in [-0.2, 0) is 0 Å². The molecule has 6 nitrogen and oxygen atoms in total. The van der Waals surface area contributed by atoms with Crippen LogP contribution in [-0.4, -0.2) is 34.3 Å². The summed E-state index contributed by atoms with van der Waals surface area (Å²) in [5.41, 5.74) is -0.364. The second kappa shape index (κ2) is 9.24. The van der Waals surface area contributed by atoms with Crippen LogP contribution in [0.2, 0.25) is 0 Å². The highest BCUT2D eigenvalue weighted by Crippen LogP contribution is 2.55. The van der Waals surface area contributed by atoms with Gasteiger partial charge in [0.1, 0.15) is 28.7 Å². The molecule has 1 aliphatic heterocycles. The predicted octanol–water partition coefficient (Wildman–Crippen LogP) is 4.18. The summed E-state index contributed by atoms with van der Waals surface area (Å²) < 4.78 is 0. The first-order valence-electron chi connectivity index (χ1n) is 11.2. The fraction of sp³-hybridized carbons (Fsp3) is 0.0714. The highest BCUT2D eigenvalue weighted by molar-refractivity contribution is 7.95. The van der Waals surface area contributed by atoms with Crippen molar-refractivity contribution in [2.75, 3.05) is 12.7 Å². The smallest absolute Gasteiger partial charge is 0.270 e. The molecular formula is C28H22N2O4P+. The molecule has 0 aromatic heterocycles. The van der Waals surface area contributed by atoms with Crippen LogP contribution in [0.4, 0.5) is 5.69 Å². The van der Waals surface area contributed by atoms with Crippen LogP contribution >= 0.6 is 7.26 Å². The Bertz CT molecular complexity index is 1310.